The number of unbranched alkanes of at least 4 members (excludes halogenated alkanes) is 1. The fourth-order valence-electron chi connectivity index (χ4n) is 1.49. The highest BCUT2D eigenvalue weighted by Crippen LogP contribution is 2.17. The average Bonchev–Trinajstić information content (AvgIpc) is 2.33. The van der Waals surface area contributed by atoms with Gasteiger partial charge in [-0.25, -0.2) is 0 Å². The molecule has 0 aromatic heterocycles. The molecular formula is C14H26N2O3. The van der Waals surface area contributed by atoms with Crippen LogP contribution in [0.2, 0.25) is 0 Å². The number of amides is 1. The Bertz CT molecular complexity index is 308. The summed E-state index contributed by atoms with van der Waals surface area (Å²) in [7, 11) is 0. The molecule has 19 heavy (non-hydrogen) atoms. The van der Waals surface area contributed by atoms with Crippen molar-refractivity contribution in [3.8, 4) is 0 Å². The van der Waals surface area contributed by atoms with Gasteiger partial charge in [-0.3, -0.25) is 9.59 Å². The van der Waals surface area contributed by atoms with E-state index < -0.39 is 6.04 Å². The van der Waals surface area contributed by atoms with Crippen LogP contribution in [0.25, 0.3) is 0 Å². The molecular weight excluding hydrogens is 244 g/mol. The predicted molar refractivity (Wildman–Crippen MR) is 74.6 cm³/mol. The first-order chi connectivity index (χ1) is 8.77. The summed E-state index contributed by atoms with van der Waals surface area (Å²) in [6, 6.07) is -0.403. The standard InChI is InChI=1S/C14H26N2O3/c1-14(2,3)12(18)7-8-13(19)16-9-5-4-6-11(15)10-17/h10-11H,4-9,15H2,1-3H3,(H,16,19). The van der Waals surface area contributed by atoms with E-state index in [9.17, 15) is 14.4 Å². The molecule has 0 rings (SSSR count). The molecule has 110 valence electrons. The van der Waals surface area contributed by atoms with Gasteiger partial charge in [0.15, 0.2) is 0 Å². The van der Waals surface area contributed by atoms with Crippen LogP contribution in [-0.4, -0.2) is 30.6 Å². The third-order valence-corrected chi connectivity index (χ3v) is 2.88. The molecule has 0 saturated carbocycles. The lowest BCUT2D eigenvalue weighted by Gasteiger charge is -2.16. The monoisotopic (exact) mass is 270 g/mol. The van der Waals surface area contributed by atoms with Gasteiger partial charge in [0.25, 0.3) is 0 Å². The third kappa shape index (κ3) is 9.36. The quantitative estimate of drug-likeness (QED) is 0.486. The molecule has 0 saturated heterocycles. The average molecular weight is 270 g/mol. The van der Waals surface area contributed by atoms with Gasteiger partial charge >= 0.3 is 0 Å². The first kappa shape index (κ1) is 17.8. The Labute approximate surface area is 115 Å². The molecule has 0 fully saturated rings. The summed E-state index contributed by atoms with van der Waals surface area (Å²) in [6.07, 6.45) is 3.50. The van der Waals surface area contributed by atoms with Crippen molar-refractivity contribution in [2.75, 3.05) is 6.54 Å². The maximum Gasteiger partial charge on any atom is 0.220 e. The number of carbonyl (C=O) groups is 3. The molecule has 0 radical (unpaired) electrons. The molecule has 0 aliphatic rings. The number of ketones is 1. The van der Waals surface area contributed by atoms with E-state index in [1.807, 2.05) is 20.8 Å². The lowest BCUT2D eigenvalue weighted by Crippen LogP contribution is -2.27. The zero-order valence-corrected chi connectivity index (χ0v) is 12.2. The fraction of sp³-hybridized carbons (Fsp3) is 0.786. The minimum absolute atomic E-state index is 0.0969. The van der Waals surface area contributed by atoms with Crippen molar-refractivity contribution < 1.29 is 14.4 Å². The van der Waals surface area contributed by atoms with Crippen LogP contribution < -0.4 is 11.1 Å². The maximum absolute atomic E-state index is 11.6. The van der Waals surface area contributed by atoms with Gasteiger partial charge in [-0.15, -0.1) is 0 Å². The molecule has 5 heteroatoms. The summed E-state index contributed by atoms with van der Waals surface area (Å²) in [5, 5.41) is 2.76. The molecule has 3 N–H and O–H groups in total. The lowest BCUT2D eigenvalue weighted by molar-refractivity contribution is -0.129. The molecule has 0 bridgehead atoms. The number of hydrogen-bond acceptors (Lipinski definition) is 4. The molecule has 1 unspecified atom stereocenters. The van der Waals surface area contributed by atoms with Crippen LogP contribution in [0.1, 0.15) is 52.9 Å². The third-order valence-electron chi connectivity index (χ3n) is 2.88. The Balaban J connectivity index is 3.61. The van der Waals surface area contributed by atoms with Crippen LogP contribution in [0, 0.1) is 5.41 Å². The molecule has 0 aliphatic carbocycles. The second-order valence-electron chi connectivity index (χ2n) is 5.82. The van der Waals surface area contributed by atoms with Gasteiger partial charge in [-0.1, -0.05) is 20.8 Å². The fourth-order valence-corrected chi connectivity index (χ4v) is 1.49. The highest BCUT2D eigenvalue weighted by molar-refractivity contribution is 5.88. The normalized spacial score (nSPS) is 12.8. The molecule has 1 atom stereocenters. The smallest absolute Gasteiger partial charge is 0.220 e. The Morgan fingerprint density at radius 1 is 1.21 bits per heavy atom. The van der Waals surface area contributed by atoms with E-state index in [-0.39, 0.29) is 29.9 Å². The minimum atomic E-state index is -0.403. The minimum Gasteiger partial charge on any atom is -0.356 e. The number of rotatable bonds is 9. The van der Waals surface area contributed by atoms with E-state index in [1.54, 1.807) is 0 Å². The zero-order chi connectivity index (χ0) is 14.9. The van der Waals surface area contributed by atoms with Gasteiger partial charge in [0.2, 0.25) is 5.91 Å². The Kier molecular flexibility index (Phi) is 8.23. The number of aldehydes is 1. The van der Waals surface area contributed by atoms with Gasteiger partial charge in [0.1, 0.15) is 12.1 Å². The zero-order valence-electron chi connectivity index (χ0n) is 12.2. The van der Waals surface area contributed by atoms with Gasteiger partial charge in [-0.2, -0.15) is 0 Å². The van der Waals surface area contributed by atoms with Crippen molar-refractivity contribution in [3.05, 3.63) is 0 Å². The summed E-state index contributed by atoms with van der Waals surface area (Å²) < 4.78 is 0. The van der Waals surface area contributed by atoms with Gasteiger partial charge < -0.3 is 15.8 Å². The number of Topliss-reactive ketones (excluding diaryl/α,β-unsaturated/α-hetero) is 1. The second kappa shape index (κ2) is 8.80. The molecule has 5 nitrogen and oxygen atoms in total. The molecule has 1 amide bonds. The maximum atomic E-state index is 11.6. The largest absolute Gasteiger partial charge is 0.356 e. The van der Waals surface area contributed by atoms with Gasteiger partial charge in [-0.05, 0) is 19.3 Å². The van der Waals surface area contributed by atoms with Crippen LogP contribution in [0.5, 0.6) is 0 Å². The summed E-state index contributed by atoms with van der Waals surface area (Å²) in [5.74, 6) is -0.00288. The number of nitrogens with two attached hydrogens (primary N) is 1. The van der Waals surface area contributed by atoms with Crippen LogP contribution >= 0.6 is 0 Å². The first-order valence-electron chi connectivity index (χ1n) is 6.78. The molecule has 0 spiro atoms. The molecule has 0 aromatic carbocycles. The van der Waals surface area contributed by atoms with Crippen LogP contribution in [-0.2, 0) is 14.4 Å². The number of hydrogen-bond donors (Lipinski definition) is 2. The molecule has 0 heterocycles. The highest BCUT2D eigenvalue weighted by Gasteiger charge is 2.21. The van der Waals surface area contributed by atoms with Crippen molar-refractivity contribution in [1.82, 2.24) is 5.32 Å². The van der Waals surface area contributed by atoms with Crippen molar-refractivity contribution in [1.29, 1.82) is 0 Å². The lowest BCUT2D eigenvalue weighted by atomic mass is 9.88. The Hall–Kier alpha value is -1.23. The van der Waals surface area contributed by atoms with Gasteiger partial charge in [0.05, 0.1) is 6.04 Å². The van der Waals surface area contributed by atoms with Crippen LogP contribution in [0.3, 0.4) is 0 Å². The second-order valence-corrected chi connectivity index (χ2v) is 5.82. The van der Waals surface area contributed by atoms with Crippen molar-refractivity contribution in [2.24, 2.45) is 11.1 Å². The SMILES string of the molecule is CC(C)(C)C(=O)CCC(=O)NCCCCC(N)C=O. The van der Waals surface area contributed by atoms with Gasteiger partial charge in [0, 0.05) is 24.8 Å². The van der Waals surface area contributed by atoms with E-state index in [2.05, 4.69) is 5.32 Å². The van der Waals surface area contributed by atoms with Crippen LogP contribution in [0.15, 0.2) is 0 Å². The summed E-state index contributed by atoms with van der Waals surface area (Å²) in [5.41, 5.74) is 5.06. The van der Waals surface area contributed by atoms with Crippen molar-refractivity contribution >= 4 is 18.0 Å². The van der Waals surface area contributed by atoms with Crippen molar-refractivity contribution in [2.45, 2.75) is 58.9 Å². The van der Waals surface area contributed by atoms with E-state index in [0.717, 1.165) is 19.1 Å². The predicted octanol–water partition coefficient (Wildman–Crippen LogP) is 1.19. The van der Waals surface area contributed by atoms with E-state index in [1.165, 1.54) is 0 Å². The molecule has 0 aromatic rings. The topological polar surface area (TPSA) is 89.3 Å². The number of nitrogens with one attached hydrogen (secondary N) is 1. The number of carbonyl (C=O) groups excluding carboxylic acids is 3. The summed E-state index contributed by atoms with van der Waals surface area (Å²) >= 11 is 0. The summed E-state index contributed by atoms with van der Waals surface area (Å²) in [4.78, 5) is 33.4. The highest BCUT2D eigenvalue weighted by atomic mass is 16.2. The van der Waals surface area contributed by atoms with Crippen LogP contribution in [0.4, 0.5) is 0 Å². The molecule has 0 aliphatic heterocycles. The summed E-state index contributed by atoms with van der Waals surface area (Å²) in [6.45, 7) is 6.12. The van der Waals surface area contributed by atoms with E-state index in [4.69, 9.17) is 5.73 Å². The first-order valence-corrected chi connectivity index (χ1v) is 6.78. The van der Waals surface area contributed by atoms with E-state index in [0.29, 0.717) is 13.0 Å². The van der Waals surface area contributed by atoms with E-state index >= 15 is 0 Å². The van der Waals surface area contributed by atoms with Crippen molar-refractivity contribution in [3.63, 3.8) is 0 Å². The Morgan fingerprint density at radius 3 is 2.37 bits per heavy atom. The Morgan fingerprint density at radius 2 is 1.84 bits per heavy atom.